The fraction of sp³-hybridized carbons (Fsp3) is 0.500. The molecule has 96 valence electrons. The minimum Gasteiger partial charge on any atom is -0.359 e. The van der Waals surface area contributed by atoms with Crippen LogP contribution >= 0.6 is 0 Å². The van der Waals surface area contributed by atoms with Crippen molar-refractivity contribution in [2.75, 3.05) is 13.1 Å². The first kappa shape index (κ1) is 11.4. The van der Waals surface area contributed by atoms with Crippen LogP contribution < -0.4 is 0 Å². The molecule has 2 saturated heterocycles. The molecule has 2 heterocycles. The third kappa shape index (κ3) is 1.41. The van der Waals surface area contributed by atoms with Crippen molar-refractivity contribution in [2.45, 2.75) is 25.9 Å². The lowest BCUT2D eigenvalue weighted by Crippen LogP contribution is -2.28. The molecular formula is C12H12F2N2O2. The van der Waals surface area contributed by atoms with Crippen LogP contribution in [0.25, 0.3) is 0 Å². The molecule has 3 aliphatic rings. The van der Waals surface area contributed by atoms with Gasteiger partial charge in [-0.1, -0.05) is 0 Å². The Labute approximate surface area is 103 Å². The van der Waals surface area contributed by atoms with Gasteiger partial charge in [0, 0.05) is 25.2 Å². The Hall–Kier alpha value is -1.72. The first-order chi connectivity index (χ1) is 8.43. The summed E-state index contributed by atoms with van der Waals surface area (Å²) in [6.45, 7) is 4.51. The third-order valence-electron chi connectivity index (χ3n) is 3.54. The molecule has 0 aromatic carbocycles. The Kier molecular flexibility index (Phi) is 2.15. The van der Waals surface area contributed by atoms with Gasteiger partial charge in [-0.05, 0) is 13.8 Å². The van der Waals surface area contributed by atoms with Crippen molar-refractivity contribution in [3.63, 3.8) is 0 Å². The molecule has 0 saturated carbocycles. The van der Waals surface area contributed by atoms with E-state index in [0.717, 1.165) is 0 Å². The van der Waals surface area contributed by atoms with Gasteiger partial charge in [-0.25, -0.2) is 8.78 Å². The summed E-state index contributed by atoms with van der Waals surface area (Å²) in [5.41, 5.74) is -0.827. The largest absolute Gasteiger partial charge is 0.359 e. The van der Waals surface area contributed by atoms with Crippen LogP contribution in [0, 0.1) is 0 Å². The van der Waals surface area contributed by atoms with E-state index in [1.807, 2.05) is 0 Å². The SMILES string of the molecule is C[C@H]1CN1C1=C(F)C(=O)C(N2C[C@@H]2C)=C(F)C1=O. The number of rotatable bonds is 2. The predicted octanol–water partition coefficient (Wildman–Crippen LogP) is 0.909. The minimum absolute atomic E-state index is 0.0167. The molecule has 0 aromatic rings. The maximum Gasteiger partial charge on any atom is 0.242 e. The number of hydrogen-bond acceptors (Lipinski definition) is 4. The highest BCUT2D eigenvalue weighted by Gasteiger charge is 2.48. The highest BCUT2D eigenvalue weighted by Crippen LogP contribution is 2.38. The van der Waals surface area contributed by atoms with Gasteiger partial charge >= 0.3 is 0 Å². The zero-order valence-corrected chi connectivity index (χ0v) is 10.0. The second kappa shape index (κ2) is 3.40. The molecule has 0 spiro atoms. The van der Waals surface area contributed by atoms with E-state index < -0.39 is 34.6 Å². The predicted molar refractivity (Wildman–Crippen MR) is 58.6 cm³/mol. The molecule has 0 aromatic heterocycles. The summed E-state index contributed by atoms with van der Waals surface area (Å²) in [4.78, 5) is 26.4. The maximum atomic E-state index is 13.9. The van der Waals surface area contributed by atoms with Crippen molar-refractivity contribution in [3.05, 3.63) is 23.0 Å². The molecular weight excluding hydrogens is 242 g/mol. The van der Waals surface area contributed by atoms with Gasteiger partial charge in [-0.15, -0.1) is 0 Å². The van der Waals surface area contributed by atoms with E-state index >= 15 is 0 Å². The van der Waals surface area contributed by atoms with Crippen LogP contribution in [-0.4, -0.2) is 46.5 Å². The zero-order valence-electron chi connectivity index (χ0n) is 10.0. The van der Waals surface area contributed by atoms with Gasteiger partial charge in [0.05, 0.1) is 0 Å². The highest BCUT2D eigenvalue weighted by molar-refractivity contribution is 6.23. The van der Waals surface area contributed by atoms with E-state index in [0.29, 0.717) is 13.1 Å². The molecule has 0 N–H and O–H groups in total. The van der Waals surface area contributed by atoms with Crippen LogP contribution in [0.5, 0.6) is 0 Å². The van der Waals surface area contributed by atoms with Crippen LogP contribution in [0.3, 0.4) is 0 Å². The van der Waals surface area contributed by atoms with E-state index in [4.69, 9.17) is 0 Å². The fourth-order valence-electron chi connectivity index (χ4n) is 2.23. The molecule has 4 nitrogen and oxygen atoms in total. The number of hydrogen-bond donors (Lipinski definition) is 0. The second-order valence-electron chi connectivity index (χ2n) is 4.99. The van der Waals surface area contributed by atoms with E-state index in [2.05, 4.69) is 0 Å². The summed E-state index contributed by atoms with van der Waals surface area (Å²) >= 11 is 0. The Morgan fingerprint density at radius 2 is 1.17 bits per heavy atom. The standard InChI is InChI=1S/C12H12F2N2O2/c1-5-3-15(5)9-7(13)12(18)10(8(14)11(9)17)16-4-6(16)2/h5-6H,3-4H2,1-2H3/t5-,6-,15?,16?/m0/s1. The van der Waals surface area contributed by atoms with E-state index in [-0.39, 0.29) is 12.1 Å². The van der Waals surface area contributed by atoms with Crippen LogP contribution in [0.2, 0.25) is 0 Å². The molecule has 3 rings (SSSR count). The van der Waals surface area contributed by atoms with Crippen LogP contribution in [0.1, 0.15) is 13.8 Å². The van der Waals surface area contributed by atoms with Crippen molar-refractivity contribution in [3.8, 4) is 0 Å². The molecule has 2 fully saturated rings. The zero-order chi connectivity index (χ0) is 13.2. The van der Waals surface area contributed by atoms with Crippen LogP contribution in [-0.2, 0) is 9.59 Å². The molecule has 2 atom stereocenters. The Balaban J connectivity index is 2.00. The summed E-state index contributed by atoms with van der Waals surface area (Å²) < 4.78 is 27.9. The average Bonchev–Trinajstić information content (AvgIpc) is 3.19. The maximum absolute atomic E-state index is 13.9. The van der Waals surface area contributed by atoms with Crippen molar-refractivity contribution in [1.29, 1.82) is 0 Å². The van der Waals surface area contributed by atoms with Crippen molar-refractivity contribution < 1.29 is 18.4 Å². The first-order valence-corrected chi connectivity index (χ1v) is 5.85. The van der Waals surface area contributed by atoms with Gasteiger partial charge in [0.1, 0.15) is 11.4 Å². The molecule has 1 aliphatic carbocycles. The normalized spacial score (nSPS) is 31.6. The van der Waals surface area contributed by atoms with Crippen molar-refractivity contribution in [1.82, 2.24) is 9.80 Å². The van der Waals surface area contributed by atoms with Crippen LogP contribution in [0.15, 0.2) is 23.0 Å². The third-order valence-corrected chi connectivity index (χ3v) is 3.54. The van der Waals surface area contributed by atoms with Gasteiger partial charge in [0.25, 0.3) is 0 Å². The lowest BCUT2D eigenvalue weighted by Gasteiger charge is -2.18. The Bertz CT molecular complexity index is 490. The number of carbonyl (C=O) groups excluding carboxylic acids is 2. The van der Waals surface area contributed by atoms with E-state index in [1.54, 1.807) is 13.8 Å². The smallest absolute Gasteiger partial charge is 0.242 e. The number of halogens is 2. The average molecular weight is 254 g/mol. The van der Waals surface area contributed by atoms with Gasteiger partial charge in [-0.2, -0.15) is 0 Å². The van der Waals surface area contributed by atoms with Crippen molar-refractivity contribution >= 4 is 11.6 Å². The van der Waals surface area contributed by atoms with Gasteiger partial charge < -0.3 is 9.80 Å². The number of ketones is 2. The van der Waals surface area contributed by atoms with E-state index in [9.17, 15) is 18.4 Å². The Morgan fingerprint density at radius 3 is 1.39 bits per heavy atom. The fourth-order valence-corrected chi connectivity index (χ4v) is 2.23. The second-order valence-corrected chi connectivity index (χ2v) is 4.99. The molecule has 0 unspecified atom stereocenters. The summed E-state index contributed by atoms with van der Waals surface area (Å²) in [6.07, 6.45) is 0. The molecule has 2 aliphatic heterocycles. The number of allylic oxidation sites excluding steroid dienone is 2. The lowest BCUT2D eigenvalue weighted by molar-refractivity contribution is -0.120. The topological polar surface area (TPSA) is 40.2 Å². The van der Waals surface area contributed by atoms with Gasteiger partial charge in [-0.3, -0.25) is 9.59 Å². The number of carbonyl (C=O) groups is 2. The lowest BCUT2D eigenvalue weighted by atomic mass is 10.0. The molecule has 18 heavy (non-hydrogen) atoms. The quantitative estimate of drug-likeness (QED) is 0.542. The monoisotopic (exact) mass is 254 g/mol. The molecule has 0 amide bonds. The first-order valence-electron chi connectivity index (χ1n) is 5.85. The molecule has 6 heteroatoms. The molecule has 0 bridgehead atoms. The van der Waals surface area contributed by atoms with Gasteiger partial charge in [0.2, 0.25) is 11.6 Å². The number of Topliss-reactive ketones (excluding diaryl/α,β-unsaturated/α-hetero) is 2. The van der Waals surface area contributed by atoms with Gasteiger partial charge in [0.15, 0.2) is 11.7 Å². The summed E-state index contributed by atoms with van der Waals surface area (Å²) in [5, 5.41) is 0. The molecule has 0 radical (unpaired) electrons. The van der Waals surface area contributed by atoms with Crippen LogP contribution in [0.4, 0.5) is 8.78 Å². The Morgan fingerprint density at radius 1 is 0.889 bits per heavy atom. The number of nitrogens with zero attached hydrogens (tertiary/aromatic N) is 2. The summed E-state index contributed by atoms with van der Waals surface area (Å²) in [7, 11) is 0. The van der Waals surface area contributed by atoms with Crippen molar-refractivity contribution in [2.24, 2.45) is 0 Å². The summed E-state index contributed by atoms with van der Waals surface area (Å²) in [6, 6.07) is -0.0333. The van der Waals surface area contributed by atoms with E-state index in [1.165, 1.54) is 9.80 Å². The minimum atomic E-state index is -1.13. The highest BCUT2D eigenvalue weighted by atomic mass is 19.1. The summed E-state index contributed by atoms with van der Waals surface area (Å²) in [5.74, 6) is -4.27.